The molecule has 22 heavy (non-hydrogen) atoms. The molecule has 0 amide bonds. The number of hydrogen-bond donors (Lipinski definition) is 2. The van der Waals surface area contributed by atoms with Crippen molar-refractivity contribution in [1.29, 1.82) is 0 Å². The molecule has 0 spiro atoms. The minimum absolute atomic E-state index is 0.0487. The Hall–Kier alpha value is -2.18. The Balaban J connectivity index is 2.12. The first-order valence-electron chi connectivity index (χ1n) is 6.46. The van der Waals surface area contributed by atoms with Gasteiger partial charge < -0.3 is 10.6 Å². The summed E-state index contributed by atoms with van der Waals surface area (Å²) in [6.45, 7) is 3.67. The van der Waals surface area contributed by atoms with Gasteiger partial charge in [0.05, 0.1) is 4.92 Å². The Morgan fingerprint density at radius 2 is 1.86 bits per heavy atom. The lowest BCUT2D eigenvalue weighted by atomic mass is 10.2. The SMILES string of the molecule is Cc1cc([N+](=O)[O-])ccc1NC(=S)Nc1cccc(Cl)c1C. The minimum Gasteiger partial charge on any atom is -0.332 e. The van der Waals surface area contributed by atoms with E-state index in [1.165, 1.54) is 12.1 Å². The number of thiocarbonyl (C=S) groups is 1. The van der Waals surface area contributed by atoms with Gasteiger partial charge in [-0.3, -0.25) is 10.1 Å². The minimum atomic E-state index is -0.428. The fourth-order valence-corrected chi connectivity index (χ4v) is 2.31. The third-order valence-electron chi connectivity index (χ3n) is 3.18. The number of anilines is 2. The molecule has 0 atom stereocenters. The molecule has 2 N–H and O–H groups in total. The Labute approximate surface area is 138 Å². The van der Waals surface area contributed by atoms with Gasteiger partial charge in [0.25, 0.3) is 5.69 Å². The lowest BCUT2D eigenvalue weighted by Gasteiger charge is -2.14. The lowest BCUT2D eigenvalue weighted by Crippen LogP contribution is -2.20. The molecule has 0 heterocycles. The summed E-state index contributed by atoms with van der Waals surface area (Å²) in [6.07, 6.45) is 0. The number of nitro benzene ring substituents is 1. The number of nitrogens with zero attached hydrogens (tertiary/aromatic N) is 1. The fourth-order valence-electron chi connectivity index (χ4n) is 1.92. The number of nitrogens with one attached hydrogen (secondary N) is 2. The van der Waals surface area contributed by atoms with Crippen molar-refractivity contribution in [3.05, 3.63) is 62.7 Å². The van der Waals surface area contributed by atoms with Crippen LogP contribution in [0.1, 0.15) is 11.1 Å². The normalized spacial score (nSPS) is 10.1. The highest BCUT2D eigenvalue weighted by Crippen LogP contribution is 2.24. The van der Waals surface area contributed by atoms with Crippen molar-refractivity contribution in [2.24, 2.45) is 0 Å². The Morgan fingerprint density at radius 3 is 2.50 bits per heavy atom. The van der Waals surface area contributed by atoms with Crippen molar-refractivity contribution in [3.8, 4) is 0 Å². The van der Waals surface area contributed by atoms with Gasteiger partial charge in [-0.05, 0) is 55.4 Å². The maximum Gasteiger partial charge on any atom is 0.269 e. The Morgan fingerprint density at radius 1 is 1.18 bits per heavy atom. The maximum atomic E-state index is 10.7. The van der Waals surface area contributed by atoms with E-state index in [0.717, 1.165) is 16.8 Å². The summed E-state index contributed by atoms with van der Waals surface area (Å²) in [5.74, 6) is 0. The van der Waals surface area contributed by atoms with Crippen molar-refractivity contribution in [3.63, 3.8) is 0 Å². The second-order valence-corrected chi connectivity index (χ2v) is 5.56. The number of aryl methyl sites for hydroxylation is 1. The van der Waals surface area contributed by atoms with Gasteiger partial charge in [-0.25, -0.2) is 0 Å². The molecule has 5 nitrogen and oxygen atoms in total. The van der Waals surface area contributed by atoms with E-state index in [-0.39, 0.29) is 5.69 Å². The molecule has 0 saturated heterocycles. The van der Waals surface area contributed by atoms with Crippen LogP contribution >= 0.6 is 23.8 Å². The van der Waals surface area contributed by atoms with E-state index < -0.39 is 4.92 Å². The van der Waals surface area contributed by atoms with Gasteiger partial charge in [-0.15, -0.1) is 0 Å². The van der Waals surface area contributed by atoms with Crippen molar-refractivity contribution in [1.82, 2.24) is 0 Å². The fraction of sp³-hybridized carbons (Fsp3) is 0.133. The van der Waals surface area contributed by atoms with Crippen molar-refractivity contribution < 1.29 is 4.92 Å². The van der Waals surface area contributed by atoms with Gasteiger partial charge in [-0.2, -0.15) is 0 Å². The maximum absolute atomic E-state index is 10.7. The Kier molecular flexibility index (Phi) is 4.95. The summed E-state index contributed by atoms with van der Waals surface area (Å²) in [5, 5.41) is 17.9. The van der Waals surface area contributed by atoms with E-state index in [1.54, 1.807) is 19.1 Å². The summed E-state index contributed by atoms with van der Waals surface area (Å²) >= 11 is 11.3. The monoisotopic (exact) mass is 335 g/mol. The molecule has 0 aliphatic heterocycles. The van der Waals surface area contributed by atoms with Crippen molar-refractivity contribution >= 4 is 46.0 Å². The van der Waals surface area contributed by atoms with Crippen LogP contribution in [0.2, 0.25) is 5.02 Å². The molecular formula is C15H14ClN3O2S. The lowest BCUT2D eigenvalue weighted by molar-refractivity contribution is -0.384. The average molecular weight is 336 g/mol. The summed E-state index contributed by atoms with van der Waals surface area (Å²) in [7, 11) is 0. The molecule has 0 aliphatic rings. The van der Waals surface area contributed by atoms with Gasteiger partial charge in [0, 0.05) is 28.5 Å². The highest BCUT2D eigenvalue weighted by atomic mass is 35.5. The van der Waals surface area contributed by atoms with Crippen LogP contribution in [0.4, 0.5) is 17.1 Å². The quantitative estimate of drug-likeness (QED) is 0.484. The third-order valence-corrected chi connectivity index (χ3v) is 3.80. The highest BCUT2D eigenvalue weighted by molar-refractivity contribution is 7.80. The van der Waals surface area contributed by atoms with Crippen LogP contribution in [0.15, 0.2) is 36.4 Å². The largest absolute Gasteiger partial charge is 0.332 e. The van der Waals surface area contributed by atoms with Gasteiger partial charge in [0.15, 0.2) is 5.11 Å². The molecule has 0 aromatic heterocycles. The highest BCUT2D eigenvalue weighted by Gasteiger charge is 2.09. The van der Waals surface area contributed by atoms with Crippen LogP contribution in [-0.4, -0.2) is 10.0 Å². The summed E-state index contributed by atoms with van der Waals surface area (Å²) in [4.78, 5) is 10.3. The zero-order valence-corrected chi connectivity index (χ0v) is 13.6. The van der Waals surface area contributed by atoms with Gasteiger partial charge in [0.1, 0.15) is 0 Å². The summed E-state index contributed by atoms with van der Waals surface area (Å²) in [5.41, 5.74) is 3.20. The number of non-ortho nitro benzene ring substituents is 1. The predicted molar refractivity (Wildman–Crippen MR) is 93.9 cm³/mol. The Bertz CT molecular complexity index is 750. The second kappa shape index (κ2) is 6.72. The van der Waals surface area contributed by atoms with Gasteiger partial charge in [-0.1, -0.05) is 17.7 Å². The first-order chi connectivity index (χ1) is 10.4. The van der Waals surface area contributed by atoms with Crippen LogP contribution in [-0.2, 0) is 0 Å². The van der Waals surface area contributed by atoms with Gasteiger partial charge in [0.2, 0.25) is 0 Å². The van der Waals surface area contributed by atoms with Crippen LogP contribution in [0.25, 0.3) is 0 Å². The standard InChI is InChI=1S/C15H14ClN3O2S/c1-9-8-11(19(20)21)6-7-13(9)17-15(22)18-14-5-3-4-12(16)10(14)2/h3-8H,1-2H3,(H2,17,18,22). The molecule has 0 radical (unpaired) electrons. The van der Waals surface area contributed by atoms with Crippen LogP contribution in [0.3, 0.4) is 0 Å². The van der Waals surface area contributed by atoms with E-state index in [9.17, 15) is 10.1 Å². The molecule has 2 rings (SSSR count). The molecule has 2 aromatic rings. The first-order valence-corrected chi connectivity index (χ1v) is 7.25. The molecule has 2 aromatic carbocycles. The van der Waals surface area contributed by atoms with E-state index in [4.69, 9.17) is 23.8 Å². The summed E-state index contributed by atoms with van der Waals surface area (Å²) in [6, 6.07) is 10.1. The van der Waals surface area contributed by atoms with E-state index in [0.29, 0.717) is 15.8 Å². The molecule has 0 saturated carbocycles. The number of benzene rings is 2. The second-order valence-electron chi connectivity index (χ2n) is 4.75. The number of hydrogen-bond acceptors (Lipinski definition) is 3. The first kappa shape index (κ1) is 16.2. The number of nitro groups is 1. The molecule has 0 fully saturated rings. The van der Waals surface area contributed by atoms with Crippen LogP contribution in [0, 0.1) is 24.0 Å². The molecule has 7 heteroatoms. The van der Waals surface area contributed by atoms with E-state index in [2.05, 4.69) is 10.6 Å². The number of rotatable bonds is 3. The average Bonchev–Trinajstić information content (AvgIpc) is 2.46. The smallest absolute Gasteiger partial charge is 0.269 e. The number of halogens is 1. The zero-order valence-electron chi connectivity index (χ0n) is 12.0. The van der Waals surface area contributed by atoms with Crippen LogP contribution in [0.5, 0.6) is 0 Å². The van der Waals surface area contributed by atoms with E-state index in [1.807, 2.05) is 19.1 Å². The zero-order chi connectivity index (χ0) is 16.3. The molecule has 0 aliphatic carbocycles. The third kappa shape index (κ3) is 3.72. The molecular weight excluding hydrogens is 322 g/mol. The predicted octanol–water partition coefficient (Wildman–Crippen LogP) is 4.67. The molecule has 0 unspecified atom stereocenters. The van der Waals surface area contributed by atoms with Crippen molar-refractivity contribution in [2.75, 3.05) is 10.6 Å². The van der Waals surface area contributed by atoms with Crippen LogP contribution < -0.4 is 10.6 Å². The van der Waals surface area contributed by atoms with E-state index >= 15 is 0 Å². The molecule has 0 bridgehead atoms. The van der Waals surface area contributed by atoms with Crippen molar-refractivity contribution in [2.45, 2.75) is 13.8 Å². The topological polar surface area (TPSA) is 67.2 Å². The summed E-state index contributed by atoms with van der Waals surface area (Å²) < 4.78 is 0. The van der Waals surface area contributed by atoms with Gasteiger partial charge >= 0.3 is 0 Å². The molecule has 114 valence electrons.